The molecule has 2 atom stereocenters. The number of hydrogen-bond acceptors (Lipinski definition) is 2. The van der Waals surface area contributed by atoms with Crippen molar-refractivity contribution in [3.8, 4) is 0 Å². The molecule has 2 nitrogen and oxygen atoms in total. The van der Waals surface area contributed by atoms with Crippen LogP contribution in [0.5, 0.6) is 0 Å². The first kappa shape index (κ1) is 17.8. The van der Waals surface area contributed by atoms with E-state index in [1.165, 1.54) is 0 Å². The Morgan fingerprint density at radius 1 is 1.04 bits per heavy atom. The van der Waals surface area contributed by atoms with Crippen LogP contribution in [0.2, 0.25) is 0 Å². The van der Waals surface area contributed by atoms with Gasteiger partial charge in [-0.2, -0.15) is 0 Å². The van der Waals surface area contributed by atoms with Gasteiger partial charge in [0.2, 0.25) is 0 Å². The SMILES string of the molecule is C=C1[C@H](O)C/C(=C/CP(=O)(c2ccccc2)c2ccccc2)C[C@@H]1F. The van der Waals surface area contributed by atoms with Crippen molar-refractivity contribution in [2.75, 3.05) is 6.16 Å². The fourth-order valence-corrected chi connectivity index (χ4v) is 5.70. The number of alkyl halides is 1. The van der Waals surface area contributed by atoms with E-state index in [0.717, 1.165) is 16.2 Å². The first-order valence-corrected chi connectivity index (χ1v) is 10.3. The molecule has 2 aromatic carbocycles. The molecule has 4 heteroatoms. The molecule has 0 bridgehead atoms. The van der Waals surface area contributed by atoms with E-state index < -0.39 is 19.4 Å². The summed E-state index contributed by atoms with van der Waals surface area (Å²) in [6.45, 7) is 3.61. The van der Waals surface area contributed by atoms with Crippen LogP contribution in [0.15, 0.2) is 84.5 Å². The number of aliphatic hydroxyl groups excluding tert-OH is 1. The van der Waals surface area contributed by atoms with E-state index in [2.05, 4.69) is 6.58 Å². The van der Waals surface area contributed by atoms with E-state index in [-0.39, 0.29) is 12.0 Å². The molecule has 0 heterocycles. The Bertz CT molecular complexity index is 755. The average molecular weight is 356 g/mol. The number of allylic oxidation sites excluding steroid dienone is 1. The fourth-order valence-electron chi connectivity index (χ4n) is 3.15. The van der Waals surface area contributed by atoms with Crippen LogP contribution in [-0.4, -0.2) is 23.5 Å². The molecule has 0 amide bonds. The van der Waals surface area contributed by atoms with Gasteiger partial charge in [0.15, 0.2) is 0 Å². The standard InChI is InChI=1S/C21H22FO2P/c1-16-20(22)14-17(15-21(16)23)12-13-25(24,18-8-4-2-5-9-18)19-10-6-3-7-11-19/h2-12,20-21,23H,1,13-15H2/b17-12+/t20-,21+/m0/s1. The topological polar surface area (TPSA) is 37.3 Å². The predicted octanol–water partition coefficient (Wildman–Crippen LogP) is 3.98. The second-order valence-corrected chi connectivity index (χ2v) is 9.30. The summed E-state index contributed by atoms with van der Waals surface area (Å²) < 4.78 is 27.8. The summed E-state index contributed by atoms with van der Waals surface area (Å²) in [6.07, 6.45) is 0.666. The molecular weight excluding hydrogens is 334 g/mol. The maximum Gasteiger partial charge on any atom is 0.146 e. The number of benzene rings is 2. The van der Waals surface area contributed by atoms with Gasteiger partial charge in [-0.25, -0.2) is 4.39 Å². The zero-order valence-electron chi connectivity index (χ0n) is 14.0. The summed E-state index contributed by atoms with van der Waals surface area (Å²) in [5, 5.41) is 11.5. The van der Waals surface area contributed by atoms with Crippen LogP contribution in [-0.2, 0) is 4.57 Å². The van der Waals surface area contributed by atoms with Gasteiger partial charge in [0.1, 0.15) is 13.3 Å². The highest BCUT2D eigenvalue weighted by atomic mass is 31.2. The van der Waals surface area contributed by atoms with E-state index >= 15 is 0 Å². The van der Waals surface area contributed by atoms with E-state index in [9.17, 15) is 14.1 Å². The van der Waals surface area contributed by atoms with Crippen molar-refractivity contribution in [3.05, 3.63) is 84.5 Å². The normalized spacial score (nSPS) is 23.0. The van der Waals surface area contributed by atoms with Crippen molar-refractivity contribution in [2.45, 2.75) is 25.1 Å². The summed E-state index contributed by atoms with van der Waals surface area (Å²) in [4.78, 5) is 0. The monoisotopic (exact) mass is 356 g/mol. The summed E-state index contributed by atoms with van der Waals surface area (Å²) in [7, 11) is -2.85. The van der Waals surface area contributed by atoms with Gasteiger partial charge in [0, 0.05) is 23.2 Å². The first-order chi connectivity index (χ1) is 12.0. The van der Waals surface area contributed by atoms with Gasteiger partial charge in [-0.3, -0.25) is 0 Å². The second kappa shape index (κ2) is 7.51. The number of aliphatic hydroxyl groups is 1. The summed E-state index contributed by atoms with van der Waals surface area (Å²) in [5.41, 5.74) is 1.05. The minimum Gasteiger partial charge on any atom is -0.388 e. The molecule has 0 saturated heterocycles. The molecule has 0 unspecified atom stereocenters. The van der Waals surface area contributed by atoms with E-state index in [1.54, 1.807) is 0 Å². The van der Waals surface area contributed by atoms with Crippen LogP contribution in [0.25, 0.3) is 0 Å². The molecule has 1 aliphatic carbocycles. The Balaban J connectivity index is 1.93. The van der Waals surface area contributed by atoms with Gasteiger partial charge in [0.25, 0.3) is 0 Å². The molecule has 0 radical (unpaired) electrons. The van der Waals surface area contributed by atoms with Crippen molar-refractivity contribution in [2.24, 2.45) is 0 Å². The largest absolute Gasteiger partial charge is 0.388 e. The summed E-state index contributed by atoms with van der Waals surface area (Å²) in [6, 6.07) is 18.8. The Morgan fingerprint density at radius 2 is 1.56 bits per heavy atom. The Morgan fingerprint density at radius 3 is 2.04 bits per heavy atom. The molecule has 0 spiro atoms. The zero-order chi connectivity index (χ0) is 17.9. The van der Waals surface area contributed by atoms with Gasteiger partial charge >= 0.3 is 0 Å². The summed E-state index contributed by atoms with van der Waals surface area (Å²) >= 11 is 0. The lowest BCUT2D eigenvalue weighted by molar-refractivity contribution is 0.167. The maximum absolute atomic E-state index is 14.0. The highest BCUT2D eigenvalue weighted by molar-refractivity contribution is 7.78. The molecule has 3 rings (SSSR count). The molecule has 130 valence electrons. The Kier molecular flexibility index (Phi) is 5.36. The molecule has 2 aromatic rings. The third-order valence-electron chi connectivity index (χ3n) is 4.71. The fraction of sp³-hybridized carbons (Fsp3) is 0.238. The molecule has 0 aliphatic heterocycles. The number of halogens is 1. The average Bonchev–Trinajstić information content (AvgIpc) is 2.65. The molecule has 1 fully saturated rings. The van der Waals surface area contributed by atoms with Crippen LogP contribution in [0, 0.1) is 0 Å². The lowest BCUT2D eigenvalue weighted by Gasteiger charge is -2.26. The smallest absolute Gasteiger partial charge is 0.146 e. The zero-order valence-corrected chi connectivity index (χ0v) is 14.9. The number of hydrogen-bond donors (Lipinski definition) is 1. The van der Waals surface area contributed by atoms with Crippen LogP contribution < -0.4 is 10.6 Å². The lowest BCUT2D eigenvalue weighted by atomic mass is 9.87. The minimum atomic E-state index is -2.85. The molecule has 1 saturated carbocycles. The van der Waals surface area contributed by atoms with Gasteiger partial charge in [0.05, 0.1) is 6.10 Å². The Labute approximate surface area is 148 Å². The van der Waals surface area contributed by atoms with Crippen molar-refractivity contribution < 1.29 is 14.1 Å². The third-order valence-corrected chi connectivity index (χ3v) is 7.67. The van der Waals surface area contributed by atoms with Gasteiger partial charge < -0.3 is 9.67 Å². The van der Waals surface area contributed by atoms with Gasteiger partial charge in [-0.05, 0) is 12.0 Å². The first-order valence-electron chi connectivity index (χ1n) is 8.40. The van der Waals surface area contributed by atoms with Crippen molar-refractivity contribution in [1.29, 1.82) is 0 Å². The highest BCUT2D eigenvalue weighted by Crippen LogP contribution is 2.44. The van der Waals surface area contributed by atoms with Crippen molar-refractivity contribution >= 4 is 17.8 Å². The van der Waals surface area contributed by atoms with Crippen molar-refractivity contribution in [3.63, 3.8) is 0 Å². The predicted molar refractivity (Wildman–Crippen MR) is 102 cm³/mol. The van der Waals surface area contributed by atoms with Crippen LogP contribution in [0.3, 0.4) is 0 Å². The van der Waals surface area contributed by atoms with E-state index in [4.69, 9.17) is 0 Å². The van der Waals surface area contributed by atoms with Crippen LogP contribution in [0.1, 0.15) is 12.8 Å². The summed E-state index contributed by atoms with van der Waals surface area (Å²) in [5.74, 6) is 0. The second-order valence-electron chi connectivity index (χ2n) is 6.42. The number of rotatable bonds is 4. The molecule has 0 aromatic heterocycles. The quantitative estimate of drug-likeness (QED) is 0.665. The third kappa shape index (κ3) is 3.84. The van der Waals surface area contributed by atoms with E-state index in [1.807, 2.05) is 66.7 Å². The lowest BCUT2D eigenvalue weighted by Crippen LogP contribution is -2.25. The Hall–Kier alpha value is -1.96. The van der Waals surface area contributed by atoms with Gasteiger partial charge in [-0.15, -0.1) is 0 Å². The molecule has 1 N–H and O–H groups in total. The van der Waals surface area contributed by atoms with Crippen LogP contribution in [0.4, 0.5) is 4.39 Å². The molecule has 1 aliphatic rings. The van der Waals surface area contributed by atoms with Crippen molar-refractivity contribution in [1.82, 2.24) is 0 Å². The maximum atomic E-state index is 14.0. The molecular formula is C21H22FO2P. The molecule has 25 heavy (non-hydrogen) atoms. The van der Waals surface area contributed by atoms with E-state index in [0.29, 0.717) is 12.6 Å². The minimum absolute atomic E-state index is 0.222. The highest BCUT2D eigenvalue weighted by Gasteiger charge is 2.29. The van der Waals surface area contributed by atoms with Crippen LogP contribution >= 0.6 is 7.14 Å². The van der Waals surface area contributed by atoms with Gasteiger partial charge in [-0.1, -0.05) is 78.9 Å².